The molecule has 5 nitrogen and oxygen atoms in total. The number of rotatable bonds is 8. The molecule has 0 heterocycles. The zero-order chi connectivity index (χ0) is 14.7. The van der Waals surface area contributed by atoms with E-state index in [0.29, 0.717) is 26.2 Å². The van der Waals surface area contributed by atoms with E-state index in [1.807, 2.05) is 27.7 Å². The lowest BCUT2D eigenvalue weighted by molar-refractivity contribution is 0.0937. The van der Waals surface area contributed by atoms with E-state index in [2.05, 4.69) is 0 Å². The van der Waals surface area contributed by atoms with Gasteiger partial charge in [0, 0.05) is 26.2 Å². The molecule has 0 aliphatic heterocycles. The van der Waals surface area contributed by atoms with Crippen molar-refractivity contribution in [2.75, 3.05) is 26.2 Å². The number of carbonyl (C=O) groups excluding carboxylic acids is 2. The predicted octanol–water partition coefficient (Wildman–Crippen LogP) is 3.49. The first-order valence-corrected chi connectivity index (χ1v) is 7.36. The van der Waals surface area contributed by atoms with Crippen LogP contribution in [0, 0.1) is 0 Å². The fourth-order valence-electron chi connectivity index (χ4n) is 1.87. The van der Waals surface area contributed by atoms with Crippen molar-refractivity contribution < 1.29 is 14.3 Å². The summed E-state index contributed by atoms with van der Waals surface area (Å²) in [5, 5.41) is 0. The number of hydrogen-bond acceptors (Lipinski definition) is 3. The molecule has 0 atom stereocenters. The van der Waals surface area contributed by atoms with E-state index in [0.717, 1.165) is 25.7 Å². The van der Waals surface area contributed by atoms with E-state index in [1.54, 1.807) is 9.80 Å². The van der Waals surface area contributed by atoms with Crippen molar-refractivity contribution in [1.82, 2.24) is 9.80 Å². The predicted molar refractivity (Wildman–Crippen MR) is 76.2 cm³/mol. The Balaban J connectivity index is 4.43. The summed E-state index contributed by atoms with van der Waals surface area (Å²) in [5.74, 6) is 0. The van der Waals surface area contributed by atoms with E-state index in [4.69, 9.17) is 4.74 Å². The number of nitrogens with zero attached hydrogens (tertiary/aromatic N) is 2. The Morgan fingerprint density at radius 3 is 1.16 bits per heavy atom. The van der Waals surface area contributed by atoms with Crippen LogP contribution < -0.4 is 0 Å². The molecule has 0 saturated heterocycles. The highest BCUT2D eigenvalue weighted by molar-refractivity contribution is 5.83. The highest BCUT2D eigenvalue weighted by atomic mass is 16.6. The normalized spacial score (nSPS) is 10.1. The lowest BCUT2D eigenvalue weighted by Gasteiger charge is -2.24. The van der Waals surface area contributed by atoms with Gasteiger partial charge in [-0.25, -0.2) is 9.59 Å². The molecular weight excluding hydrogens is 244 g/mol. The molecule has 0 saturated carbocycles. The molecule has 0 aromatic rings. The van der Waals surface area contributed by atoms with Gasteiger partial charge in [-0.05, 0) is 25.7 Å². The van der Waals surface area contributed by atoms with Gasteiger partial charge in [-0.15, -0.1) is 0 Å². The van der Waals surface area contributed by atoms with Crippen LogP contribution in [-0.4, -0.2) is 48.2 Å². The Morgan fingerprint density at radius 2 is 0.947 bits per heavy atom. The highest BCUT2D eigenvalue weighted by Crippen LogP contribution is 2.03. The second-order valence-corrected chi connectivity index (χ2v) is 4.61. The van der Waals surface area contributed by atoms with E-state index < -0.39 is 12.2 Å². The van der Waals surface area contributed by atoms with Crippen LogP contribution in [0.4, 0.5) is 9.59 Å². The van der Waals surface area contributed by atoms with Gasteiger partial charge >= 0.3 is 12.2 Å². The molecule has 0 aliphatic carbocycles. The third-order valence-corrected chi connectivity index (χ3v) is 2.67. The number of hydrogen-bond donors (Lipinski definition) is 0. The standard InChI is InChI=1S/C14H28N2O3/c1-5-9-15(10-6-2)13(17)19-14(18)16(11-7-3)12-8-4/h5-12H2,1-4H3. The molecule has 0 rings (SSSR count). The number of carbonyl (C=O) groups is 2. The topological polar surface area (TPSA) is 49.9 Å². The Labute approximate surface area is 116 Å². The van der Waals surface area contributed by atoms with Crippen LogP contribution in [0.25, 0.3) is 0 Å². The van der Waals surface area contributed by atoms with Gasteiger partial charge < -0.3 is 14.5 Å². The molecule has 112 valence electrons. The third kappa shape index (κ3) is 7.03. The Hall–Kier alpha value is -1.26. The van der Waals surface area contributed by atoms with Gasteiger partial charge in [0.15, 0.2) is 0 Å². The van der Waals surface area contributed by atoms with Crippen molar-refractivity contribution in [3.8, 4) is 0 Å². The minimum Gasteiger partial charge on any atom is -0.359 e. The second-order valence-electron chi connectivity index (χ2n) is 4.61. The van der Waals surface area contributed by atoms with Crippen LogP contribution in [0.2, 0.25) is 0 Å². The van der Waals surface area contributed by atoms with Gasteiger partial charge in [-0.3, -0.25) is 0 Å². The summed E-state index contributed by atoms with van der Waals surface area (Å²) >= 11 is 0. The summed E-state index contributed by atoms with van der Waals surface area (Å²) in [6.07, 6.45) is 2.39. The van der Waals surface area contributed by atoms with Crippen LogP contribution in [0.5, 0.6) is 0 Å². The minimum absolute atomic E-state index is 0.522. The maximum Gasteiger partial charge on any atom is 0.418 e. The summed E-state index contributed by atoms with van der Waals surface area (Å²) < 4.78 is 4.96. The van der Waals surface area contributed by atoms with Gasteiger partial charge in [0.25, 0.3) is 0 Å². The minimum atomic E-state index is -0.522. The molecule has 0 N–H and O–H groups in total. The van der Waals surface area contributed by atoms with Crippen molar-refractivity contribution in [2.45, 2.75) is 53.4 Å². The average Bonchev–Trinajstić information content (AvgIpc) is 2.38. The van der Waals surface area contributed by atoms with Crippen molar-refractivity contribution in [3.63, 3.8) is 0 Å². The van der Waals surface area contributed by atoms with Gasteiger partial charge in [-0.1, -0.05) is 27.7 Å². The van der Waals surface area contributed by atoms with E-state index in [-0.39, 0.29) is 0 Å². The molecule has 0 fully saturated rings. The van der Waals surface area contributed by atoms with Crippen molar-refractivity contribution in [1.29, 1.82) is 0 Å². The highest BCUT2D eigenvalue weighted by Gasteiger charge is 2.21. The lowest BCUT2D eigenvalue weighted by atomic mass is 10.4. The quantitative estimate of drug-likeness (QED) is 0.635. The van der Waals surface area contributed by atoms with Crippen LogP contribution in [0.15, 0.2) is 0 Å². The van der Waals surface area contributed by atoms with Gasteiger partial charge in [0.05, 0.1) is 0 Å². The maximum absolute atomic E-state index is 11.9. The summed E-state index contributed by atoms with van der Waals surface area (Å²) in [6, 6.07) is 0. The first-order valence-electron chi connectivity index (χ1n) is 7.36. The lowest BCUT2D eigenvalue weighted by Crippen LogP contribution is -2.40. The monoisotopic (exact) mass is 272 g/mol. The third-order valence-electron chi connectivity index (χ3n) is 2.67. The van der Waals surface area contributed by atoms with E-state index in [9.17, 15) is 9.59 Å². The molecule has 0 radical (unpaired) electrons. The van der Waals surface area contributed by atoms with Crippen LogP contribution in [-0.2, 0) is 4.74 Å². The van der Waals surface area contributed by atoms with Gasteiger partial charge in [0.2, 0.25) is 0 Å². The molecule has 5 heteroatoms. The van der Waals surface area contributed by atoms with Crippen LogP contribution in [0.1, 0.15) is 53.4 Å². The SMILES string of the molecule is CCCN(CCC)C(=O)OC(=O)N(CCC)CCC. The summed E-state index contributed by atoms with van der Waals surface area (Å²) in [4.78, 5) is 27.0. The molecule has 0 bridgehead atoms. The Kier molecular flexibility index (Phi) is 9.94. The first-order chi connectivity index (χ1) is 9.10. The zero-order valence-corrected chi connectivity index (χ0v) is 12.8. The molecule has 0 spiro atoms. The summed E-state index contributed by atoms with van der Waals surface area (Å²) in [5.41, 5.74) is 0. The Bertz CT molecular complexity index is 231. The zero-order valence-electron chi connectivity index (χ0n) is 12.8. The summed E-state index contributed by atoms with van der Waals surface area (Å²) in [6.45, 7) is 10.5. The maximum atomic E-state index is 11.9. The van der Waals surface area contributed by atoms with Crippen LogP contribution in [0.3, 0.4) is 0 Å². The average molecular weight is 272 g/mol. The van der Waals surface area contributed by atoms with Crippen molar-refractivity contribution in [2.24, 2.45) is 0 Å². The molecule has 2 amide bonds. The van der Waals surface area contributed by atoms with Gasteiger partial charge in [-0.2, -0.15) is 0 Å². The molecule has 0 aromatic heterocycles. The fraction of sp³-hybridized carbons (Fsp3) is 0.857. The van der Waals surface area contributed by atoms with E-state index >= 15 is 0 Å². The van der Waals surface area contributed by atoms with Gasteiger partial charge in [0.1, 0.15) is 0 Å². The van der Waals surface area contributed by atoms with Crippen molar-refractivity contribution in [3.05, 3.63) is 0 Å². The molecule has 0 aromatic carbocycles. The first kappa shape index (κ1) is 17.7. The molecule has 0 aliphatic rings. The number of ether oxygens (including phenoxy) is 1. The largest absolute Gasteiger partial charge is 0.418 e. The summed E-state index contributed by atoms with van der Waals surface area (Å²) in [7, 11) is 0. The second kappa shape index (κ2) is 10.6. The van der Waals surface area contributed by atoms with Crippen molar-refractivity contribution >= 4 is 12.2 Å². The van der Waals surface area contributed by atoms with Crippen LogP contribution >= 0.6 is 0 Å². The van der Waals surface area contributed by atoms with E-state index in [1.165, 1.54) is 0 Å². The Morgan fingerprint density at radius 1 is 0.684 bits per heavy atom. The fourth-order valence-corrected chi connectivity index (χ4v) is 1.87. The molecular formula is C14H28N2O3. The number of amides is 2. The molecule has 19 heavy (non-hydrogen) atoms. The molecule has 0 unspecified atom stereocenters. The smallest absolute Gasteiger partial charge is 0.359 e.